The molecule has 1 atom stereocenters. The second-order valence-electron chi connectivity index (χ2n) is 3.28. The fraction of sp³-hybridized carbons (Fsp3) is 0.667. The summed E-state index contributed by atoms with van der Waals surface area (Å²) in [5, 5.41) is 10.2. The Balaban J connectivity index is 2.17. The molecule has 0 saturated carbocycles. The third kappa shape index (κ3) is 1.99. The molecule has 82 valence electrons. The van der Waals surface area contributed by atoms with Gasteiger partial charge < -0.3 is 9.47 Å². The van der Waals surface area contributed by atoms with E-state index in [9.17, 15) is 4.79 Å². The molecule has 1 aliphatic rings. The number of nitrogens with one attached hydrogen (secondary N) is 1. The fourth-order valence-corrected chi connectivity index (χ4v) is 1.61. The molecule has 6 heteroatoms. The van der Waals surface area contributed by atoms with Gasteiger partial charge in [-0.3, -0.25) is 0 Å². The molecule has 0 bridgehead atoms. The van der Waals surface area contributed by atoms with Crippen molar-refractivity contribution in [3.8, 4) is 0 Å². The number of carbonyl (C=O) groups excluding carboxylic acids is 1. The minimum atomic E-state index is -0.447. The number of esters is 1. The largest absolute Gasteiger partial charge is 0.461 e. The monoisotopic (exact) mass is 211 g/mol. The fourth-order valence-electron chi connectivity index (χ4n) is 1.61. The lowest BCUT2D eigenvalue weighted by Gasteiger charge is -2.06. The van der Waals surface area contributed by atoms with E-state index in [1.807, 2.05) is 0 Å². The maximum absolute atomic E-state index is 11.5. The minimum absolute atomic E-state index is 0.122. The van der Waals surface area contributed by atoms with Crippen LogP contribution >= 0.6 is 0 Å². The van der Waals surface area contributed by atoms with Crippen molar-refractivity contribution in [2.75, 3.05) is 13.2 Å². The number of carbonyl (C=O) groups is 1. The molecule has 0 aliphatic carbocycles. The molecule has 0 aromatic carbocycles. The Morgan fingerprint density at radius 1 is 1.67 bits per heavy atom. The lowest BCUT2D eigenvalue weighted by Crippen LogP contribution is -2.10. The van der Waals surface area contributed by atoms with Crippen LogP contribution in [0.1, 0.15) is 42.1 Å². The molecule has 1 fully saturated rings. The summed E-state index contributed by atoms with van der Waals surface area (Å²) in [4.78, 5) is 11.5. The number of hydrogen-bond acceptors (Lipinski definition) is 5. The third-order valence-corrected chi connectivity index (χ3v) is 2.28. The van der Waals surface area contributed by atoms with E-state index < -0.39 is 5.97 Å². The molecular formula is C9H13N3O3. The second-order valence-corrected chi connectivity index (χ2v) is 3.28. The highest BCUT2D eigenvalue weighted by Gasteiger charge is 2.27. The van der Waals surface area contributed by atoms with E-state index in [-0.39, 0.29) is 11.8 Å². The van der Waals surface area contributed by atoms with Crippen molar-refractivity contribution in [2.45, 2.75) is 25.9 Å². The Bertz CT molecular complexity index is 344. The lowest BCUT2D eigenvalue weighted by molar-refractivity contribution is 0.0507. The lowest BCUT2D eigenvalue weighted by atomic mass is 10.1. The van der Waals surface area contributed by atoms with Gasteiger partial charge in [-0.05, 0) is 19.8 Å². The van der Waals surface area contributed by atoms with Crippen LogP contribution in [0.3, 0.4) is 0 Å². The molecule has 1 aromatic rings. The summed E-state index contributed by atoms with van der Waals surface area (Å²) < 4.78 is 10.3. The summed E-state index contributed by atoms with van der Waals surface area (Å²) >= 11 is 0. The van der Waals surface area contributed by atoms with Crippen molar-refractivity contribution in [3.05, 3.63) is 11.4 Å². The van der Waals surface area contributed by atoms with E-state index in [0.717, 1.165) is 12.8 Å². The Kier molecular flexibility index (Phi) is 2.96. The molecule has 2 heterocycles. The van der Waals surface area contributed by atoms with Gasteiger partial charge in [0.1, 0.15) is 11.8 Å². The van der Waals surface area contributed by atoms with Gasteiger partial charge in [0.15, 0.2) is 5.69 Å². The van der Waals surface area contributed by atoms with E-state index in [1.54, 1.807) is 6.92 Å². The average Bonchev–Trinajstić information content (AvgIpc) is 2.88. The van der Waals surface area contributed by atoms with Crippen molar-refractivity contribution >= 4 is 5.97 Å². The summed E-state index contributed by atoms with van der Waals surface area (Å²) in [5.74, 6) is -0.447. The first-order chi connectivity index (χ1) is 7.33. The average molecular weight is 211 g/mol. The molecule has 0 amide bonds. The number of aromatic nitrogens is 3. The van der Waals surface area contributed by atoms with E-state index >= 15 is 0 Å². The molecule has 1 aromatic heterocycles. The summed E-state index contributed by atoms with van der Waals surface area (Å²) in [7, 11) is 0. The normalized spacial score (nSPS) is 20.5. The molecule has 1 unspecified atom stereocenters. The number of rotatable bonds is 3. The van der Waals surface area contributed by atoms with Gasteiger partial charge in [0.05, 0.1) is 6.61 Å². The first-order valence-electron chi connectivity index (χ1n) is 5.02. The number of aromatic amines is 1. The van der Waals surface area contributed by atoms with Crippen molar-refractivity contribution in [1.29, 1.82) is 0 Å². The maximum Gasteiger partial charge on any atom is 0.360 e. The first kappa shape index (κ1) is 10.1. The standard InChI is InChI=1S/C9H13N3O3/c1-2-14-9(13)8-7(10-12-11-8)6-4-3-5-15-6/h6H,2-5H2,1H3,(H,10,11,12). The van der Waals surface area contributed by atoms with Crippen LogP contribution in [0.15, 0.2) is 0 Å². The van der Waals surface area contributed by atoms with Crippen molar-refractivity contribution in [3.63, 3.8) is 0 Å². The topological polar surface area (TPSA) is 77.1 Å². The van der Waals surface area contributed by atoms with Gasteiger partial charge in [-0.1, -0.05) is 0 Å². The second kappa shape index (κ2) is 4.39. The molecule has 2 rings (SSSR count). The van der Waals surface area contributed by atoms with Gasteiger partial charge >= 0.3 is 5.97 Å². The van der Waals surface area contributed by atoms with Gasteiger partial charge in [-0.15, -0.1) is 5.10 Å². The van der Waals surface area contributed by atoms with Crippen LogP contribution < -0.4 is 0 Å². The van der Waals surface area contributed by atoms with Gasteiger partial charge in [0.25, 0.3) is 0 Å². The molecule has 1 aliphatic heterocycles. The molecule has 1 N–H and O–H groups in total. The molecule has 1 saturated heterocycles. The van der Waals surface area contributed by atoms with Crippen molar-refractivity contribution in [1.82, 2.24) is 15.4 Å². The van der Waals surface area contributed by atoms with Gasteiger partial charge in [0.2, 0.25) is 0 Å². The van der Waals surface area contributed by atoms with Crippen LogP contribution in [0.5, 0.6) is 0 Å². The van der Waals surface area contributed by atoms with Crippen LogP contribution in [-0.4, -0.2) is 34.6 Å². The summed E-state index contributed by atoms with van der Waals surface area (Å²) in [6.45, 7) is 2.79. The third-order valence-electron chi connectivity index (χ3n) is 2.28. The highest BCUT2D eigenvalue weighted by Crippen LogP contribution is 2.28. The van der Waals surface area contributed by atoms with Gasteiger partial charge in [0, 0.05) is 6.61 Å². The minimum Gasteiger partial charge on any atom is -0.461 e. The Morgan fingerprint density at radius 3 is 3.20 bits per heavy atom. The van der Waals surface area contributed by atoms with E-state index in [0.29, 0.717) is 18.9 Å². The summed E-state index contributed by atoms with van der Waals surface area (Å²) in [6, 6.07) is 0. The molecule has 0 radical (unpaired) electrons. The number of ether oxygens (including phenoxy) is 2. The Morgan fingerprint density at radius 2 is 2.53 bits per heavy atom. The zero-order valence-corrected chi connectivity index (χ0v) is 8.52. The van der Waals surface area contributed by atoms with Crippen molar-refractivity contribution < 1.29 is 14.3 Å². The van der Waals surface area contributed by atoms with Crippen LogP contribution in [0.25, 0.3) is 0 Å². The number of hydrogen-bond donors (Lipinski definition) is 1. The summed E-state index contributed by atoms with van der Waals surface area (Å²) in [6.07, 6.45) is 1.74. The van der Waals surface area contributed by atoms with Gasteiger partial charge in [-0.2, -0.15) is 10.3 Å². The molecular weight excluding hydrogens is 198 g/mol. The zero-order chi connectivity index (χ0) is 10.7. The van der Waals surface area contributed by atoms with E-state index in [2.05, 4.69) is 15.4 Å². The smallest absolute Gasteiger partial charge is 0.360 e. The Labute approximate surface area is 87.0 Å². The zero-order valence-electron chi connectivity index (χ0n) is 8.52. The summed E-state index contributed by atoms with van der Waals surface area (Å²) in [5.41, 5.74) is 0.801. The molecule has 6 nitrogen and oxygen atoms in total. The van der Waals surface area contributed by atoms with Crippen LogP contribution in [0.4, 0.5) is 0 Å². The molecule has 15 heavy (non-hydrogen) atoms. The van der Waals surface area contributed by atoms with Crippen molar-refractivity contribution in [2.24, 2.45) is 0 Å². The quantitative estimate of drug-likeness (QED) is 0.749. The van der Waals surface area contributed by atoms with E-state index in [4.69, 9.17) is 9.47 Å². The number of H-pyrrole nitrogens is 1. The Hall–Kier alpha value is -1.43. The SMILES string of the molecule is CCOC(=O)c1n[nH]nc1C1CCCO1. The van der Waals surface area contributed by atoms with Crippen LogP contribution in [0, 0.1) is 0 Å². The van der Waals surface area contributed by atoms with Gasteiger partial charge in [-0.25, -0.2) is 4.79 Å². The van der Waals surface area contributed by atoms with E-state index in [1.165, 1.54) is 0 Å². The van der Waals surface area contributed by atoms with Crippen LogP contribution in [-0.2, 0) is 9.47 Å². The molecule has 0 spiro atoms. The highest BCUT2D eigenvalue weighted by molar-refractivity contribution is 5.88. The first-order valence-corrected chi connectivity index (χ1v) is 5.02. The predicted molar refractivity (Wildman–Crippen MR) is 50.3 cm³/mol. The predicted octanol–water partition coefficient (Wildman–Crippen LogP) is 0.833. The maximum atomic E-state index is 11.5. The highest BCUT2D eigenvalue weighted by atomic mass is 16.5. The van der Waals surface area contributed by atoms with Crippen LogP contribution in [0.2, 0.25) is 0 Å². The number of nitrogens with zero attached hydrogens (tertiary/aromatic N) is 2.